The van der Waals surface area contributed by atoms with E-state index in [1.54, 1.807) is 4.72 Å². The van der Waals surface area contributed by atoms with Crippen molar-refractivity contribution in [2.75, 3.05) is 24.7 Å². The first-order valence-corrected chi connectivity index (χ1v) is 10.9. The third-order valence-electron chi connectivity index (χ3n) is 4.16. The monoisotopic (exact) mass is 445 g/mol. The average molecular weight is 446 g/mol. The van der Waals surface area contributed by atoms with Crippen LogP contribution in [0, 0.1) is 17.6 Å². The Labute approximate surface area is 171 Å². The number of hydrogen-bond donors (Lipinski definition) is 1. The van der Waals surface area contributed by atoms with Gasteiger partial charge in [0.05, 0.1) is 23.0 Å². The summed E-state index contributed by atoms with van der Waals surface area (Å²) >= 11 is 6.23. The Balaban J connectivity index is 1.78. The summed E-state index contributed by atoms with van der Waals surface area (Å²) in [7, 11) is -2.06. The Morgan fingerprint density at radius 3 is 2.59 bits per heavy atom. The van der Waals surface area contributed by atoms with Crippen molar-refractivity contribution in [1.29, 1.82) is 0 Å². The lowest BCUT2D eigenvalue weighted by molar-refractivity contribution is 0.0977. The number of carbonyl (C=O) groups is 1. The lowest BCUT2D eigenvalue weighted by Gasteiger charge is -2.19. The summed E-state index contributed by atoms with van der Waals surface area (Å²) in [4.78, 5) is 17.9. The molecule has 1 aliphatic carbocycles. The van der Waals surface area contributed by atoms with Crippen molar-refractivity contribution in [3.05, 3.63) is 46.6 Å². The number of pyridine rings is 1. The van der Waals surface area contributed by atoms with E-state index in [0.29, 0.717) is 23.9 Å². The van der Waals surface area contributed by atoms with Crippen molar-refractivity contribution in [1.82, 2.24) is 9.71 Å². The van der Waals surface area contributed by atoms with E-state index < -0.39 is 38.9 Å². The molecule has 0 radical (unpaired) electrons. The molecule has 29 heavy (non-hydrogen) atoms. The minimum absolute atomic E-state index is 0.0743. The van der Waals surface area contributed by atoms with E-state index in [1.165, 1.54) is 25.1 Å². The van der Waals surface area contributed by atoms with E-state index in [9.17, 15) is 22.0 Å². The molecular weight excluding hydrogens is 428 g/mol. The molecule has 1 heterocycles. The maximum atomic E-state index is 14.3. The number of sulfonamides is 1. The van der Waals surface area contributed by atoms with Crippen LogP contribution in [-0.4, -0.2) is 39.2 Å². The zero-order chi connectivity index (χ0) is 21.3. The van der Waals surface area contributed by atoms with Crippen molar-refractivity contribution >= 4 is 33.3 Å². The molecule has 7 nitrogen and oxygen atoms in total. The van der Waals surface area contributed by atoms with Gasteiger partial charge in [-0.2, -0.15) is 0 Å². The van der Waals surface area contributed by atoms with Crippen LogP contribution in [0.25, 0.3) is 0 Å². The topological polar surface area (TPSA) is 88.6 Å². The van der Waals surface area contributed by atoms with Crippen molar-refractivity contribution in [3.8, 4) is 11.5 Å². The Kier molecular flexibility index (Phi) is 5.95. The molecule has 1 aliphatic rings. The fourth-order valence-corrected chi connectivity index (χ4v) is 3.40. The van der Waals surface area contributed by atoms with Gasteiger partial charge in [0.25, 0.3) is 5.91 Å². The highest BCUT2D eigenvalue weighted by Crippen LogP contribution is 2.34. The van der Waals surface area contributed by atoms with Gasteiger partial charge in [-0.1, -0.05) is 11.6 Å². The molecule has 0 bridgehead atoms. The molecule has 3 rings (SSSR count). The standard InChI is InChI=1S/C18H18ClF2N3O4S/c1-24(9-10-3-4-10)17-13(19)5-11(8-22-17)28-16-7-14(20)12(6-15(16)21)18(25)23-29(2,26)27/h5-8,10H,3-4,9H2,1-2H3,(H,23,25). The third kappa shape index (κ3) is 5.54. The summed E-state index contributed by atoms with van der Waals surface area (Å²) in [6, 6.07) is 2.63. The SMILES string of the molecule is CN(CC1CC1)c1ncc(Oc2cc(F)c(C(=O)NS(C)(=O)=O)cc2F)cc1Cl. The molecule has 2 aromatic rings. The fraction of sp³-hybridized carbons (Fsp3) is 0.333. The van der Waals surface area contributed by atoms with Crippen LogP contribution in [0.3, 0.4) is 0 Å². The minimum Gasteiger partial charge on any atom is -0.452 e. The maximum absolute atomic E-state index is 14.3. The van der Waals surface area contributed by atoms with E-state index in [2.05, 4.69) is 4.98 Å². The van der Waals surface area contributed by atoms with Gasteiger partial charge in [-0.3, -0.25) is 4.79 Å². The van der Waals surface area contributed by atoms with Crippen molar-refractivity contribution in [3.63, 3.8) is 0 Å². The highest BCUT2D eigenvalue weighted by molar-refractivity contribution is 7.89. The van der Waals surface area contributed by atoms with E-state index in [0.717, 1.165) is 12.8 Å². The number of nitrogens with one attached hydrogen (secondary N) is 1. The molecule has 0 unspecified atom stereocenters. The number of rotatable bonds is 7. The predicted octanol–water partition coefficient (Wildman–Crippen LogP) is 3.34. The van der Waals surface area contributed by atoms with Crippen LogP contribution in [0.15, 0.2) is 24.4 Å². The first-order valence-electron chi connectivity index (χ1n) is 8.59. The zero-order valence-electron chi connectivity index (χ0n) is 15.6. The highest BCUT2D eigenvalue weighted by atomic mass is 35.5. The number of hydrogen-bond acceptors (Lipinski definition) is 6. The zero-order valence-corrected chi connectivity index (χ0v) is 17.2. The summed E-state index contributed by atoms with van der Waals surface area (Å²) < 4.78 is 57.5. The first kappa shape index (κ1) is 21.3. The normalized spacial score (nSPS) is 13.8. The molecule has 0 aliphatic heterocycles. The first-order chi connectivity index (χ1) is 13.5. The number of nitrogens with zero attached hydrogens (tertiary/aromatic N) is 2. The number of benzene rings is 1. The van der Waals surface area contributed by atoms with Crippen LogP contribution in [0.2, 0.25) is 5.02 Å². The number of carbonyl (C=O) groups excluding carboxylic acids is 1. The summed E-state index contributed by atoms with van der Waals surface area (Å²) in [5.41, 5.74) is -0.770. The predicted molar refractivity (Wildman–Crippen MR) is 104 cm³/mol. The summed E-state index contributed by atoms with van der Waals surface area (Å²) in [6.45, 7) is 0.823. The van der Waals surface area contributed by atoms with E-state index >= 15 is 0 Å². The second-order valence-electron chi connectivity index (χ2n) is 6.87. The lowest BCUT2D eigenvalue weighted by atomic mass is 10.2. The summed E-state index contributed by atoms with van der Waals surface area (Å²) in [5.74, 6) is -2.75. The lowest BCUT2D eigenvalue weighted by Crippen LogP contribution is -2.30. The fourth-order valence-electron chi connectivity index (χ4n) is 2.66. The molecule has 1 aromatic carbocycles. The van der Waals surface area contributed by atoms with Crippen molar-refractivity contribution < 1.29 is 26.7 Å². The summed E-state index contributed by atoms with van der Waals surface area (Å²) in [6.07, 6.45) is 4.39. The number of anilines is 1. The highest BCUT2D eigenvalue weighted by Gasteiger charge is 2.24. The van der Waals surface area contributed by atoms with E-state index in [1.807, 2.05) is 11.9 Å². The van der Waals surface area contributed by atoms with Crippen LogP contribution in [0.5, 0.6) is 11.5 Å². The Bertz CT molecular complexity index is 1060. The molecule has 1 N–H and O–H groups in total. The van der Waals surface area contributed by atoms with Crippen LogP contribution in [-0.2, 0) is 10.0 Å². The Morgan fingerprint density at radius 1 is 1.31 bits per heavy atom. The van der Waals surface area contributed by atoms with Crippen LogP contribution in [0.4, 0.5) is 14.6 Å². The Morgan fingerprint density at radius 2 is 2.00 bits per heavy atom. The van der Waals surface area contributed by atoms with Gasteiger partial charge in [0, 0.05) is 25.7 Å². The smallest absolute Gasteiger partial charge is 0.267 e. The molecule has 0 atom stereocenters. The van der Waals surface area contributed by atoms with Gasteiger partial charge < -0.3 is 9.64 Å². The van der Waals surface area contributed by atoms with Gasteiger partial charge in [0.2, 0.25) is 10.0 Å². The van der Waals surface area contributed by atoms with E-state index in [-0.39, 0.29) is 10.8 Å². The molecule has 0 spiro atoms. The molecule has 11 heteroatoms. The maximum Gasteiger partial charge on any atom is 0.267 e. The van der Waals surface area contributed by atoms with Gasteiger partial charge >= 0.3 is 0 Å². The van der Waals surface area contributed by atoms with Gasteiger partial charge in [-0.25, -0.2) is 26.9 Å². The van der Waals surface area contributed by atoms with Gasteiger partial charge in [0.1, 0.15) is 17.4 Å². The molecular formula is C18H18ClF2N3O4S. The van der Waals surface area contributed by atoms with Crippen LogP contribution in [0.1, 0.15) is 23.2 Å². The number of ether oxygens (including phenoxy) is 1. The van der Waals surface area contributed by atoms with Crippen LogP contribution >= 0.6 is 11.6 Å². The number of aromatic nitrogens is 1. The molecule has 1 saturated carbocycles. The second kappa shape index (κ2) is 8.11. The molecule has 1 amide bonds. The minimum atomic E-state index is -3.93. The van der Waals surface area contributed by atoms with Crippen molar-refractivity contribution in [2.24, 2.45) is 5.92 Å². The van der Waals surface area contributed by atoms with Crippen LogP contribution < -0.4 is 14.4 Å². The molecule has 1 fully saturated rings. The number of halogens is 3. The van der Waals surface area contributed by atoms with E-state index in [4.69, 9.17) is 16.3 Å². The second-order valence-corrected chi connectivity index (χ2v) is 9.02. The largest absolute Gasteiger partial charge is 0.452 e. The third-order valence-corrected chi connectivity index (χ3v) is 4.99. The molecule has 1 aromatic heterocycles. The average Bonchev–Trinajstić information content (AvgIpc) is 3.40. The number of amides is 1. The molecule has 156 valence electrons. The van der Waals surface area contributed by atoms with Crippen molar-refractivity contribution in [2.45, 2.75) is 12.8 Å². The Hall–Kier alpha value is -2.46. The summed E-state index contributed by atoms with van der Waals surface area (Å²) in [5, 5.41) is 0.288. The van der Waals surface area contributed by atoms with Gasteiger partial charge in [0.15, 0.2) is 11.6 Å². The van der Waals surface area contributed by atoms with Gasteiger partial charge in [-0.15, -0.1) is 0 Å². The quantitative estimate of drug-likeness (QED) is 0.703. The molecule has 0 saturated heterocycles. The van der Waals surface area contributed by atoms with Gasteiger partial charge in [-0.05, 0) is 24.8 Å².